The molecule has 1 amide bonds. The van der Waals surface area contributed by atoms with E-state index < -0.39 is 6.04 Å². The molecule has 3 rings (SSSR count). The molecule has 172 valence electrons. The highest BCUT2D eigenvalue weighted by Gasteiger charge is 2.27. The first-order chi connectivity index (χ1) is 15.2. The first-order valence-electron chi connectivity index (χ1n) is 11.4. The average Bonchev–Trinajstić information content (AvgIpc) is 2.77. The van der Waals surface area contributed by atoms with Crippen LogP contribution in [0, 0.1) is 20.8 Å². The highest BCUT2D eigenvalue weighted by Crippen LogP contribution is 2.33. The lowest BCUT2D eigenvalue weighted by molar-refractivity contribution is -0.132. The first kappa shape index (κ1) is 24.0. The maximum atomic E-state index is 13.3. The van der Waals surface area contributed by atoms with Crippen LogP contribution in [-0.4, -0.2) is 36.4 Å². The number of fused-ring (bicyclic) bond motifs is 1. The van der Waals surface area contributed by atoms with Gasteiger partial charge in [0.25, 0.3) is 0 Å². The number of ether oxygens (including phenoxy) is 1. The molecule has 1 heterocycles. The summed E-state index contributed by atoms with van der Waals surface area (Å²) < 4.78 is 5.37. The number of esters is 1. The van der Waals surface area contributed by atoms with E-state index in [0.717, 1.165) is 60.5 Å². The molecule has 2 aromatic rings. The number of carbonyl (C=O) groups is 2. The van der Waals surface area contributed by atoms with E-state index in [-0.39, 0.29) is 11.9 Å². The number of amides is 1. The number of hydrogen-bond donors (Lipinski definition) is 2. The molecule has 0 aliphatic carbocycles. The van der Waals surface area contributed by atoms with Gasteiger partial charge in [0, 0.05) is 25.7 Å². The van der Waals surface area contributed by atoms with Crippen molar-refractivity contribution in [2.45, 2.75) is 60.5 Å². The quantitative estimate of drug-likeness (QED) is 0.502. The average molecular weight is 438 g/mol. The van der Waals surface area contributed by atoms with Crippen molar-refractivity contribution in [3.8, 4) is 5.75 Å². The molecule has 2 aromatic carbocycles. The molecule has 1 unspecified atom stereocenters. The lowest BCUT2D eigenvalue weighted by atomic mass is 9.91. The van der Waals surface area contributed by atoms with Crippen molar-refractivity contribution in [1.82, 2.24) is 10.2 Å². The minimum atomic E-state index is -0.399. The second-order valence-corrected chi connectivity index (χ2v) is 8.53. The Morgan fingerprint density at radius 2 is 1.84 bits per heavy atom. The maximum absolute atomic E-state index is 13.3. The number of nitrogens with zero attached hydrogens (tertiary/aromatic N) is 1. The van der Waals surface area contributed by atoms with Gasteiger partial charge >= 0.3 is 5.97 Å². The summed E-state index contributed by atoms with van der Waals surface area (Å²) >= 11 is 0. The van der Waals surface area contributed by atoms with E-state index in [1.807, 2.05) is 26.8 Å². The van der Waals surface area contributed by atoms with Crippen LogP contribution < -0.4 is 15.4 Å². The van der Waals surface area contributed by atoms with E-state index in [9.17, 15) is 9.59 Å². The van der Waals surface area contributed by atoms with Gasteiger partial charge in [-0.05, 0) is 79.7 Å². The largest absolute Gasteiger partial charge is 0.426 e. The Kier molecular flexibility index (Phi) is 7.69. The summed E-state index contributed by atoms with van der Waals surface area (Å²) in [7, 11) is 0. The molecule has 0 spiro atoms. The van der Waals surface area contributed by atoms with Gasteiger partial charge in [-0.1, -0.05) is 32.0 Å². The van der Waals surface area contributed by atoms with Crippen molar-refractivity contribution in [2.24, 2.45) is 0 Å². The molecule has 6 nitrogen and oxygen atoms in total. The van der Waals surface area contributed by atoms with Crippen LogP contribution in [-0.2, 0) is 22.6 Å². The topological polar surface area (TPSA) is 70.7 Å². The third-order valence-corrected chi connectivity index (χ3v) is 6.36. The Morgan fingerprint density at radius 3 is 2.50 bits per heavy atom. The summed E-state index contributed by atoms with van der Waals surface area (Å²) in [5.74, 6) is 0.138. The van der Waals surface area contributed by atoms with Gasteiger partial charge in [-0.25, -0.2) is 0 Å². The maximum Gasteiger partial charge on any atom is 0.308 e. The summed E-state index contributed by atoms with van der Waals surface area (Å²) in [6.07, 6.45) is 0.916. The predicted molar refractivity (Wildman–Crippen MR) is 128 cm³/mol. The number of nitrogens with one attached hydrogen (secondary N) is 2. The van der Waals surface area contributed by atoms with E-state index in [1.165, 1.54) is 18.1 Å². The molecular formula is C26H35N3O3. The van der Waals surface area contributed by atoms with E-state index in [1.54, 1.807) is 0 Å². The zero-order chi connectivity index (χ0) is 23.4. The van der Waals surface area contributed by atoms with Crippen LogP contribution in [0.1, 0.15) is 60.2 Å². The van der Waals surface area contributed by atoms with Gasteiger partial charge in [0.2, 0.25) is 5.91 Å². The van der Waals surface area contributed by atoms with Crippen molar-refractivity contribution in [3.05, 3.63) is 57.6 Å². The SMILES string of the molecule is CCN(CC)Cc1ccc2c(c1)C(C(=O)Nc1cc(C)c(OC(C)=O)c(C)c1C)NCC2. The zero-order valence-electron chi connectivity index (χ0n) is 20.1. The third kappa shape index (κ3) is 5.19. The van der Waals surface area contributed by atoms with Crippen LogP contribution in [0.5, 0.6) is 5.75 Å². The molecule has 0 aromatic heterocycles. The number of benzene rings is 2. The van der Waals surface area contributed by atoms with Gasteiger partial charge in [0.05, 0.1) is 0 Å². The molecule has 1 aliphatic rings. The van der Waals surface area contributed by atoms with Crippen molar-refractivity contribution in [2.75, 3.05) is 25.0 Å². The number of rotatable bonds is 7. The predicted octanol–water partition coefficient (Wildman–Crippen LogP) is 4.20. The van der Waals surface area contributed by atoms with Crippen LogP contribution in [0.4, 0.5) is 5.69 Å². The Balaban J connectivity index is 1.86. The highest BCUT2D eigenvalue weighted by atomic mass is 16.5. The van der Waals surface area contributed by atoms with E-state index >= 15 is 0 Å². The molecule has 6 heteroatoms. The number of carbonyl (C=O) groups excluding carboxylic acids is 2. The van der Waals surface area contributed by atoms with E-state index in [2.05, 4.69) is 47.6 Å². The van der Waals surface area contributed by atoms with Gasteiger partial charge < -0.3 is 15.4 Å². The smallest absolute Gasteiger partial charge is 0.308 e. The molecule has 0 bridgehead atoms. The second kappa shape index (κ2) is 10.3. The summed E-state index contributed by atoms with van der Waals surface area (Å²) in [5, 5.41) is 6.51. The van der Waals surface area contributed by atoms with Crippen molar-refractivity contribution < 1.29 is 14.3 Å². The number of aryl methyl sites for hydroxylation is 1. The Labute approximate surface area is 191 Å². The normalized spacial score (nSPS) is 15.4. The molecule has 0 fully saturated rings. The van der Waals surface area contributed by atoms with E-state index in [0.29, 0.717) is 5.75 Å². The summed E-state index contributed by atoms with van der Waals surface area (Å²) in [5.41, 5.74) is 6.82. The fourth-order valence-corrected chi connectivity index (χ4v) is 4.33. The van der Waals surface area contributed by atoms with Crippen LogP contribution in [0.2, 0.25) is 0 Å². The standard InChI is InChI=1S/C26H35N3O3/c1-7-29(8-2)15-20-9-10-21-11-12-27-24(22(21)14-20)26(31)28-23-13-16(3)25(32-19(6)30)18(5)17(23)4/h9-10,13-14,24,27H,7-8,11-12,15H2,1-6H3,(H,28,31). The van der Waals surface area contributed by atoms with Gasteiger partial charge in [0.15, 0.2) is 0 Å². The van der Waals surface area contributed by atoms with E-state index in [4.69, 9.17) is 4.74 Å². The number of hydrogen-bond acceptors (Lipinski definition) is 5. The van der Waals surface area contributed by atoms with Crippen molar-refractivity contribution >= 4 is 17.6 Å². The lowest BCUT2D eigenvalue weighted by Gasteiger charge is -2.28. The molecule has 32 heavy (non-hydrogen) atoms. The fourth-order valence-electron chi connectivity index (χ4n) is 4.33. The summed E-state index contributed by atoms with van der Waals surface area (Å²) in [4.78, 5) is 27.2. The van der Waals surface area contributed by atoms with Crippen molar-refractivity contribution in [3.63, 3.8) is 0 Å². The van der Waals surface area contributed by atoms with Gasteiger partial charge in [-0.15, -0.1) is 0 Å². The van der Waals surface area contributed by atoms with Crippen LogP contribution in [0.3, 0.4) is 0 Å². The van der Waals surface area contributed by atoms with Gasteiger partial charge in [-0.2, -0.15) is 0 Å². The molecule has 2 N–H and O–H groups in total. The number of anilines is 1. The van der Waals surface area contributed by atoms with Crippen LogP contribution >= 0.6 is 0 Å². The van der Waals surface area contributed by atoms with Crippen LogP contribution in [0.25, 0.3) is 0 Å². The Bertz CT molecular complexity index is 1010. The minimum absolute atomic E-state index is 0.0759. The van der Waals surface area contributed by atoms with Gasteiger partial charge in [0.1, 0.15) is 11.8 Å². The van der Waals surface area contributed by atoms with Crippen LogP contribution in [0.15, 0.2) is 24.3 Å². The Morgan fingerprint density at radius 1 is 1.12 bits per heavy atom. The molecule has 0 radical (unpaired) electrons. The summed E-state index contributed by atoms with van der Waals surface area (Å²) in [6, 6.07) is 8.00. The molecule has 0 saturated carbocycles. The highest BCUT2D eigenvalue weighted by molar-refractivity contribution is 5.97. The summed E-state index contributed by atoms with van der Waals surface area (Å²) in [6.45, 7) is 15.1. The first-order valence-corrected chi connectivity index (χ1v) is 11.4. The van der Waals surface area contributed by atoms with Gasteiger partial charge in [-0.3, -0.25) is 14.5 Å². The Hall–Kier alpha value is -2.70. The second-order valence-electron chi connectivity index (χ2n) is 8.53. The molecular weight excluding hydrogens is 402 g/mol. The molecule has 1 atom stereocenters. The minimum Gasteiger partial charge on any atom is -0.426 e. The zero-order valence-corrected chi connectivity index (χ0v) is 20.1. The molecule has 0 saturated heterocycles. The molecule has 1 aliphatic heterocycles. The fraction of sp³-hybridized carbons (Fsp3) is 0.462. The monoisotopic (exact) mass is 437 g/mol. The third-order valence-electron chi connectivity index (χ3n) is 6.36. The lowest BCUT2D eigenvalue weighted by Crippen LogP contribution is -2.38. The van der Waals surface area contributed by atoms with Crippen molar-refractivity contribution in [1.29, 1.82) is 0 Å².